The van der Waals surface area contributed by atoms with E-state index in [9.17, 15) is 8.42 Å². The highest BCUT2D eigenvalue weighted by atomic mass is 32.2. The van der Waals surface area contributed by atoms with Crippen LogP contribution < -0.4 is 27.2 Å². The summed E-state index contributed by atoms with van der Waals surface area (Å²) < 4.78 is 24.0. The number of primary sulfonamides is 1. The lowest BCUT2D eigenvalue weighted by atomic mass is 10.3. The molecule has 2 aromatic heterocycles. The summed E-state index contributed by atoms with van der Waals surface area (Å²) in [6.07, 6.45) is 0. The van der Waals surface area contributed by atoms with E-state index in [2.05, 4.69) is 30.7 Å². The van der Waals surface area contributed by atoms with E-state index in [0.29, 0.717) is 36.2 Å². The minimum absolute atomic E-state index is 0.00465. The van der Waals surface area contributed by atoms with E-state index in [-0.39, 0.29) is 16.8 Å². The smallest absolute Gasteiger partial charge is 0.248 e. The topological polar surface area (TPSA) is 193 Å². The number of nitrogens with one attached hydrogen (secondary N) is 2. The summed E-state index contributed by atoms with van der Waals surface area (Å²) in [7, 11) is -3.76. The van der Waals surface area contributed by atoms with Crippen LogP contribution in [-0.2, 0) is 10.0 Å². The van der Waals surface area contributed by atoms with E-state index < -0.39 is 10.0 Å². The molecule has 0 fully saturated rings. The van der Waals surface area contributed by atoms with E-state index in [1.165, 1.54) is 16.8 Å². The maximum absolute atomic E-state index is 11.3. The first-order valence-corrected chi connectivity index (χ1v) is 9.73. The first kappa shape index (κ1) is 19.5. The minimum atomic E-state index is -3.76. The number of aryl methyl sites for hydroxylation is 1. The van der Waals surface area contributed by atoms with Gasteiger partial charge in [-0.3, -0.25) is 0 Å². The molecule has 8 N–H and O–H groups in total. The Hall–Kier alpha value is -3.29. The van der Waals surface area contributed by atoms with E-state index in [0.717, 1.165) is 0 Å². The predicted octanol–water partition coefficient (Wildman–Crippen LogP) is -0.290. The van der Waals surface area contributed by atoms with Crippen molar-refractivity contribution in [3.05, 3.63) is 36.2 Å². The van der Waals surface area contributed by atoms with Crippen LogP contribution in [0.25, 0.3) is 5.82 Å². The molecule has 0 aliphatic carbocycles. The number of anilines is 4. The van der Waals surface area contributed by atoms with Gasteiger partial charge in [-0.15, -0.1) is 5.10 Å². The van der Waals surface area contributed by atoms with Gasteiger partial charge < -0.3 is 22.1 Å². The molecule has 2 heterocycles. The highest BCUT2D eigenvalue weighted by Gasteiger charge is 2.13. The molecule has 0 saturated carbocycles. The summed E-state index contributed by atoms with van der Waals surface area (Å²) in [6, 6.07) is 7.52. The van der Waals surface area contributed by atoms with E-state index in [4.69, 9.17) is 16.6 Å². The van der Waals surface area contributed by atoms with Crippen LogP contribution in [0.3, 0.4) is 0 Å². The summed E-state index contributed by atoms with van der Waals surface area (Å²) in [5.74, 6) is 1.89. The molecule has 0 spiro atoms. The molecular weight excluding hydrogens is 384 g/mol. The van der Waals surface area contributed by atoms with Gasteiger partial charge in [0.25, 0.3) is 0 Å². The van der Waals surface area contributed by atoms with E-state index in [1.54, 1.807) is 25.1 Å². The van der Waals surface area contributed by atoms with Crippen LogP contribution in [0, 0.1) is 6.92 Å². The first-order chi connectivity index (χ1) is 13.3. The number of hydrogen-bond acceptors (Lipinski definition) is 10. The zero-order valence-corrected chi connectivity index (χ0v) is 15.8. The minimum Gasteiger partial charge on any atom is -0.369 e. The number of rotatable bonds is 7. The standard InChI is InChI=1S/C15H20N10O2S/c1-9-20-12(19-7-6-16)8-13(21-9)25-14(17)23-15(24-25)22-10-2-4-11(5-3-10)28(18,26)27/h2-5,8H,6-7,16H2,1H3,(H2,18,26,27)(H,19,20,21)(H3,17,22,23,24). The van der Waals surface area contributed by atoms with Gasteiger partial charge in [0.2, 0.25) is 21.9 Å². The SMILES string of the molecule is Cc1nc(NCCN)cc(-n2nc(Nc3ccc(S(N)(=O)=O)cc3)nc2N)n1. The van der Waals surface area contributed by atoms with E-state index >= 15 is 0 Å². The molecule has 0 radical (unpaired) electrons. The second-order valence-electron chi connectivity index (χ2n) is 5.77. The number of sulfonamides is 1. The average Bonchev–Trinajstić information content (AvgIpc) is 2.99. The number of nitrogens with zero attached hydrogens (tertiary/aromatic N) is 5. The third-order valence-corrected chi connectivity index (χ3v) is 4.49. The number of hydrogen-bond donors (Lipinski definition) is 5. The maximum Gasteiger partial charge on any atom is 0.248 e. The molecule has 148 valence electrons. The zero-order valence-electron chi connectivity index (χ0n) is 15.0. The third kappa shape index (κ3) is 4.51. The fraction of sp³-hybridized carbons (Fsp3) is 0.200. The number of nitrogen functional groups attached to an aromatic ring is 1. The van der Waals surface area contributed by atoms with Gasteiger partial charge in [0.1, 0.15) is 11.6 Å². The average molecular weight is 404 g/mol. The zero-order chi connectivity index (χ0) is 20.3. The molecule has 28 heavy (non-hydrogen) atoms. The van der Waals surface area contributed by atoms with Crippen molar-refractivity contribution in [2.24, 2.45) is 10.9 Å². The van der Waals surface area contributed by atoms with Gasteiger partial charge >= 0.3 is 0 Å². The molecule has 0 unspecified atom stereocenters. The lowest BCUT2D eigenvalue weighted by molar-refractivity contribution is 0.598. The van der Waals surface area contributed by atoms with Crippen molar-refractivity contribution in [2.75, 3.05) is 29.5 Å². The largest absolute Gasteiger partial charge is 0.369 e. The number of nitrogens with two attached hydrogens (primary N) is 3. The van der Waals surface area contributed by atoms with E-state index in [1.807, 2.05) is 0 Å². The Morgan fingerprint density at radius 2 is 1.86 bits per heavy atom. The Labute approximate surface area is 161 Å². The van der Waals surface area contributed by atoms with Crippen molar-refractivity contribution in [2.45, 2.75) is 11.8 Å². The highest BCUT2D eigenvalue weighted by Crippen LogP contribution is 2.19. The molecule has 0 atom stereocenters. The molecule has 12 nitrogen and oxygen atoms in total. The van der Waals surface area contributed by atoms with Gasteiger partial charge in [0.05, 0.1) is 4.90 Å². The summed E-state index contributed by atoms with van der Waals surface area (Å²) in [4.78, 5) is 12.8. The molecular formula is C15H20N10O2S. The Kier molecular flexibility index (Phi) is 5.39. The Morgan fingerprint density at radius 3 is 2.50 bits per heavy atom. The predicted molar refractivity (Wildman–Crippen MR) is 105 cm³/mol. The number of aromatic nitrogens is 5. The van der Waals surface area contributed by atoms with Crippen LogP contribution in [0.2, 0.25) is 0 Å². The molecule has 1 aromatic carbocycles. The van der Waals surface area contributed by atoms with Crippen molar-refractivity contribution in [3.63, 3.8) is 0 Å². The molecule has 13 heteroatoms. The Bertz CT molecular complexity index is 1080. The molecule has 0 aliphatic rings. The van der Waals surface area contributed by atoms with Crippen LogP contribution in [-0.4, -0.2) is 46.2 Å². The lowest BCUT2D eigenvalue weighted by Gasteiger charge is -2.08. The summed E-state index contributed by atoms with van der Waals surface area (Å²) in [5, 5.41) is 15.4. The molecule has 3 aromatic rings. The van der Waals surface area contributed by atoms with Gasteiger partial charge in [0, 0.05) is 24.8 Å². The third-order valence-electron chi connectivity index (χ3n) is 3.56. The molecule has 0 amide bonds. The first-order valence-electron chi connectivity index (χ1n) is 8.18. The van der Waals surface area contributed by atoms with Gasteiger partial charge in [0.15, 0.2) is 5.82 Å². The second-order valence-corrected chi connectivity index (χ2v) is 7.34. The van der Waals surface area contributed by atoms with Gasteiger partial charge in [-0.25, -0.2) is 23.5 Å². The maximum atomic E-state index is 11.3. The Morgan fingerprint density at radius 1 is 1.14 bits per heavy atom. The molecule has 0 saturated heterocycles. The van der Waals surface area contributed by atoms with Crippen LogP contribution in [0.5, 0.6) is 0 Å². The molecule has 0 bridgehead atoms. The molecule has 0 aliphatic heterocycles. The number of benzene rings is 1. The van der Waals surface area contributed by atoms with Crippen LogP contribution >= 0.6 is 0 Å². The lowest BCUT2D eigenvalue weighted by Crippen LogP contribution is -2.15. The van der Waals surface area contributed by atoms with Gasteiger partial charge in [-0.2, -0.15) is 9.67 Å². The van der Waals surface area contributed by atoms with Crippen molar-refractivity contribution < 1.29 is 8.42 Å². The Balaban J connectivity index is 1.84. The normalized spacial score (nSPS) is 11.4. The fourth-order valence-corrected chi connectivity index (χ4v) is 2.87. The highest BCUT2D eigenvalue weighted by molar-refractivity contribution is 7.89. The quantitative estimate of drug-likeness (QED) is 0.349. The second kappa shape index (κ2) is 7.75. The van der Waals surface area contributed by atoms with Crippen molar-refractivity contribution in [1.82, 2.24) is 24.7 Å². The van der Waals surface area contributed by atoms with Crippen LogP contribution in [0.1, 0.15) is 5.82 Å². The van der Waals surface area contributed by atoms with Gasteiger partial charge in [-0.1, -0.05) is 0 Å². The van der Waals surface area contributed by atoms with Gasteiger partial charge in [-0.05, 0) is 31.2 Å². The summed E-state index contributed by atoms with van der Waals surface area (Å²) >= 11 is 0. The summed E-state index contributed by atoms with van der Waals surface area (Å²) in [5.41, 5.74) is 12.0. The monoisotopic (exact) mass is 404 g/mol. The summed E-state index contributed by atoms with van der Waals surface area (Å²) in [6.45, 7) is 2.77. The van der Waals surface area contributed by atoms with Crippen molar-refractivity contribution >= 4 is 33.4 Å². The van der Waals surface area contributed by atoms with Crippen molar-refractivity contribution in [3.8, 4) is 5.82 Å². The van der Waals surface area contributed by atoms with Crippen molar-refractivity contribution in [1.29, 1.82) is 0 Å². The molecule has 3 rings (SSSR count). The fourth-order valence-electron chi connectivity index (χ4n) is 2.35. The van der Waals surface area contributed by atoms with Crippen LogP contribution in [0.4, 0.5) is 23.4 Å². The van der Waals surface area contributed by atoms with Crippen LogP contribution in [0.15, 0.2) is 35.2 Å².